The van der Waals surface area contributed by atoms with Crippen molar-refractivity contribution in [3.63, 3.8) is 0 Å². The molecule has 1 unspecified atom stereocenters. The van der Waals surface area contributed by atoms with Gasteiger partial charge in [-0.2, -0.15) is 0 Å². The molecule has 1 saturated carbocycles. The van der Waals surface area contributed by atoms with E-state index in [1.807, 2.05) is 14.0 Å². The first-order valence-electron chi connectivity index (χ1n) is 11.0. The van der Waals surface area contributed by atoms with Gasteiger partial charge in [0, 0.05) is 18.1 Å². The molecule has 0 spiro atoms. The van der Waals surface area contributed by atoms with Gasteiger partial charge in [0.25, 0.3) is 0 Å². The summed E-state index contributed by atoms with van der Waals surface area (Å²) in [6.07, 6.45) is 5.27. The van der Waals surface area contributed by atoms with Crippen molar-refractivity contribution in [1.82, 2.24) is 0 Å². The van der Waals surface area contributed by atoms with Gasteiger partial charge in [-0.3, -0.25) is 4.99 Å². The molecule has 1 aromatic rings. The molecular formula is C24H37N3O2. The maximum absolute atomic E-state index is 6.30. The first-order valence-corrected chi connectivity index (χ1v) is 11.0. The Balaban J connectivity index is 2.10. The van der Waals surface area contributed by atoms with Crippen LogP contribution in [-0.2, 0) is 16.8 Å². The topological polar surface area (TPSA) is 69.2 Å². The summed E-state index contributed by atoms with van der Waals surface area (Å²) in [7, 11) is 1.81. The number of aryl methyl sites for hydroxylation is 1. The first-order chi connectivity index (χ1) is 13.7. The van der Waals surface area contributed by atoms with E-state index in [-0.39, 0.29) is 5.41 Å². The van der Waals surface area contributed by atoms with Gasteiger partial charge in [-0.25, -0.2) is 4.99 Å². The van der Waals surface area contributed by atoms with E-state index in [2.05, 4.69) is 45.9 Å². The average molecular weight is 400 g/mol. The third-order valence-corrected chi connectivity index (χ3v) is 6.61. The van der Waals surface area contributed by atoms with Crippen LogP contribution in [0.5, 0.6) is 5.75 Å². The van der Waals surface area contributed by atoms with E-state index in [4.69, 9.17) is 25.2 Å². The zero-order valence-corrected chi connectivity index (χ0v) is 18.9. The molecule has 5 heteroatoms. The van der Waals surface area contributed by atoms with E-state index in [9.17, 15) is 0 Å². The standard InChI is InChI=1S/C24H37N3O2/c1-7-18-8-9-20(29-15-16(2)3)14-21(18)24(26-17(4)22(25)27-24)23(5)12-10-19(28-6)11-13-23/h8-9,14,16,19H,7,10-13,15H2,1-6H3,(H2,25,27). The molecule has 3 rings (SSSR count). The van der Waals surface area contributed by atoms with Crippen molar-refractivity contribution in [2.45, 2.75) is 78.5 Å². The summed E-state index contributed by atoms with van der Waals surface area (Å²) in [5.74, 6) is 1.91. The molecule has 0 aromatic heterocycles. The van der Waals surface area contributed by atoms with Crippen molar-refractivity contribution in [3.8, 4) is 5.75 Å². The molecule has 1 aromatic carbocycles. The summed E-state index contributed by atoms with van der Waals surface area (Å²) in [4.78, 5) is 10.2. The summed E-state index contributed by atoms with van der Waals surface area (Å²) < 4.78 is 11.7. The molecule has 0 radical (unpaired) electrons. The molecule has 1 heterocycles. The van der Waals surface area contributed by atoms with Gasteiger partial charge in [-0.1, -0.05) is 33.8 Å². The average Bonchev–Trinajstić information content (AvgIpc) is 3.03. The van der Waals surface area contributed by atoms with E-state index in [0.29, 0.717) is 24.5 Å². The van der Waals surface area contributed by atoms with Gasteiger partial charge in [0.15, 0.2) is 5.66 Å². The molecule has 1 aliphatic carbocycles. The molecule has 160 valence electrons. The number of rotatable bonds is 7. The predicted molar refractivity (Wildman–Crippen MR) is 120 cm³/mol. The molecule has 1 fully saturated rings. The summed E-state index contributed by atoms with van der Waals surface area (Å²) >= 11 is 0. The van der Waals surface area contributed by atoms with E-state index in [1.54, 1.807) is 0 Å². The fourth-order valence-corrected chi connectivity index (χ4v) is 4.65. The van der Waals surface area contributed by atoms with Gasteiger partial charge < -0.3 is 15.2 Å². The van der Waals surface area contributed by atoms with E-state index < -0.39 is 5.66 Å². The highest BCUT2D eigenvalue weighted by atomic mass is 16.5. The Hall–Kier alpha value is -1.88. The number of ether oxygens (including phenoxy) is 2. The first kappa shape index (κ1) is 21.8. The molecule has 1 atom stereocenters. The molecule has 2 aliphatic rings. The van der Waals surface area contributed by atoms with Gasteiger partial charge >= 0.3 is 0 Å². The lowest BCUT2D eigenvalue weighted by atomic mass is 9.63. The van der Waals surface area contributed by atoms with Crippen molar-refractivity contribution in [1.29, 1.82) is 0 Å². The molecular weight excluding hydrogens is 362 g/mol. The van der Waals surface area contributed by atoms with Crippen LogP contribution in [0, 0.1) is 11.3 Å². The number of methoxy groups -OCH3 is 1. The normalized spacial score (nSPS) is 29.7. The minimum atomic E-state index is -0.692. The number of aliphatic imine (C=N–C) groups is 2. The summed E-state index contributed by atoms with van der Waals surface area (Å²) in [6.45, 7) is 11.5. The van der Waals surface area contributed by atoms with Gasteiger partial charge in [0.2, 0.25) is 0 Å². The number of hydrogen-bond acceptors (Lipinski definition) is 5. The lowest BCUT2D eigenvalue weighted by molar-refractivity contribution is 0.00108. The second-order valence-corrected chi connectivity index (χ2v) is 9.24. The second-order valence-electron chi connectivity index (χ2n) is 9.24. The molecule has 0 amide bonds. The zero-order valence-electron chi connectivity index (χ0n) is 18.9. The van der Waals surface area contributed by atoms with Crippen LogP contribution in [0.25, 0.3) is 0 Å². The number of benzene rings is 1. The van der Waals surface area contributed by atoms with Gasteiger partial charge in [-0.15, -0.1) is 0 Å². The van der Waals surface area contributed by atoms with Crippen molar-refractivity contribution >= 4 is 11.5 Å². The second kappa shape index (κ2) is 8.47. The van der Waals surface area contributed by atoms with Crippen LogP contribution in [0.1, 0.15) is 71.4 Å². The molecule has 2 N–H and O–H groups in total. The minimum absolute atomic E-state index is 0.120. The van der Waals surface area contributed by atoms with Gasteiger partial charge in [0.05, 0.1) is 18.4 Å². The molecule has 1 aliphatic heterocycles. The van der Waals surface area contributed by atoms with Crippen molar-refractivity contribution in [2.24, 2.45) is 27.1 Å². The van der Waals surface area contributed by atoms with Crippen molar-refractivity contribution in [3.05, 3.63) is 29.3 Å². The summed E-state index contributed by atoms with van der Waals surface area (Å²) in [6, 6.07) is 6.40. The molecule has 5 nitrogen and oxygen atoms in total. The Morgan fingerprint density at radius 2 is 1.90 bits per heavy atom. The largest absolute Gasteiger partial charge is 0.493 e. The molecule has 0 saturated heterocycles. The minimum Gasteiger partial charge on any atom is -0.493 e. The lowest BCUT2D eigenvalue weighted by Crippen LogP contribution is -2.44. The van der Waals surface area contributed by atoms with Crippen LogP contribution < -0.4 is 10.5 Å². The molecule has 29 heavy (non-hydrogen) atoms. The predicted octanol–water partition coefficient (Wildman–Crippen LogP) is 4.86. The fraction of sp³-hybridized carbons (Fsp3) is 0.667. The maximum Gasteiger partial charge on any atom is 0.184 e. The fourth-order valence-electron chi connectivity index (χ4n) is 4.65. The molecule has 0 bridgehead atoms. The number of hydrogen-bond donors (Lipinski definition) is 1. The van der Waals surface area contributed by atoms with Crippen LogP contribution in [0.3, 0.4) is 0 Å². The Kier molecular flexibility index (Phi) is 6.37. The highest BCUT2D eigenvalue weighted by Crippen LogP contribution is 2.55. The van der Waals surface area contributed by atoms with Crippen molar-refractivity contribution in [2.75, 3.05) is 13.7 Å². The van der Waals surface area contributed by atoms with E-state index in [1.165, 1.54) is 5.56 Å². The third kappa shape index (κ3) is 4.07. The Labute approximate surface area is 175 Å². The quantitative estimate of drug-likeness (QED) is 0.711. The monoisotopic (exact) mass is 399 g/mol. The van der Waals surface area contributed by atoms with Crippen LogP contribution in [-0.4, -0.2) is 31.4 Å². The summed E-state index contributed by atoms with van der Waals surface area (Å²) in [5.41, 5.74) is 8.71. The van der Waals surface area contributed by atoms with Crippen LogP contribution >= 0.6 is 0 Å². The third-order valence-electron chi connectivity index (χ3n) is 6.61. The number of nitrogens with two attached hydrogens (primary N) is 1. The Morgan fingerprint density at radius 1 is 1.21 bits per heavy atom. The SMILES string of the molecule is CCc1ccc(OCC(C)C)cc1C1(C2(C)CCC(OC)CC2)N=C(C)C(N)=N1. The highest BCUT2D eigenvalue weighted by molar-refractivity contribution is 6.41. The van der Waals surface area contributed by atoms with Crippen molar-refractivity contribution < 1.29 is 9.47 Å². The number of amidine groups is 1. The van der Waals surface area contributed by atoms with Crippen LogP contribution in [0.4, 0.5) is 0 Å². The maximum atomic E-state index is 6.30. The van der Waals surface area contributed by atoms with Crippen LogP contribution in [0.15, 0.2) is 28.2 Å². The number of nitrogens with zero attached hydrogens (tertiary/aromatic N) is 2. The van der Waals surface area contributed by atoms with E-state index >= 15 is 0 Å². The Bertz CT molecular complexity index is 771. The Morgan fingerprint density at radius 3 is 2.41 bits per heavy atom. The van der Waals surface area contributed by atoms with E-state index in [0.717, 1.165) is 49.1 Å². The smallest absolute Gasteiger partial charge is 0.184 e. The highest BCUT2D eigenvalue weighted by Gasteiger charge is 2.54. The van der Waals surface area contributed by atoms with Crippen LogP contribution in [0.2, 0.25) is 0 Å². The van der Waals surface area contributed by atoms with Gasteiger partial charge in [0.1, 0.15) is 11.6 Å². The van der Waals surface area contributed by atoms with Gasteiger partial charge in [-0.05, 0) is 62.6 Å². The lowest BCUT2D eigenvalue weighted by Gasteiger charge is -2.47. The zero-order chi connectivity index (χ0) is 21.2. The summed E-state index contributed by atoms with van der Waals surface area (Å²) in [5, 5.41) is 0.